The average molecular weight is 238 g/mol. The third-order valence-corrected chi connectivity index (χ3v) is 2.50. The van der Waals surface area contributed by atoms with Crippen LogP contribution in [0.15, 0.2) is 18.2 Å². The molecule has 0 heterocycles. The van der Waals surface area contributed by atoms with Crippen molar-refractivity contribution in [3.8, 4) is 5.75 Å². The minimum Gasteiger partial charge on any atom is -0.494 e. The first-order valence-corrected chi connectivity index (χ1v) is 5.56. The fourth-order valence-electron chi connectivity index (χ4n) is 1.63. The standard InChI is InChI=1S/C13H18O4/c1-4-17-10-5-6-11(9(2)7-10)12(14)8-13(15)16-3/h5-7,12,14H,4,8H2,1-3H3. The highest BCUT2D eigenvalue weighted by Crippen LogP contribution is 2.24. The summed E-state index contributed by atoms with van der Waals surface area (Å²) >= 11 is 0. The van der Waals surface area contributed by atoms with E-state index in [1.54, 1.807) is 12.1 Å². The lowest BCUT2D eigenvalue weighted by Gasteiger charge is -2.14. The second kappa shape index (κ2) is 6.25. The van der Waals surface area contributed by atoms with Crippen LogP contribution in [-0.4, -0.2) is 24.8 Å². The molecule has 1 aromatic rings. The van der Waals surface area contributed by atoms with E-state index in [4.69, 9.17) is 4.74 Å². The summed E-state index contributed by atoms with van der Waals surface area (Å²) in [6.07, 6.45) is -0.871. The Bertz CT molecular complexity index is 387. The maximum Gasteiger partial charge on any atom is 0.308 e. The molecular weight excluding hydrogens is 220 g/mol. The van der Waals surface area contributed by atoms with Crippen molar-refractivity contribution in [3.05, 3.63) is 29.3 Å². The number of hydrogen-bond donors (Lipinski definition) is 1. The Hall–Kier alpha value is -1.55. The SMILES string of the molecule is CCOc1ccc(C(O)CC(=O)OC)c(C)c1. The molecule has 0 aromatic heterocycles. The summed E-state index contributed by atoms with van der Waals surface area (Å²) in [5.41, 5.74) is 1.62. The Morgan fingerprint density at radius 1 is 1.47 bits per heavy atom. The van der Waals surface area contributed by atoms with E-state index in [9.17, 15) is 9.90 Å². The number of carbonyl (C=O) groups excluding carboxylic acids is 1. The number of rotatable bonds is 5. The van der Waals surface area contributed by atoms with E-state index in [0.717, 1.165) is 16.9 Å². The molecule has 1 unspecified atom stereocenters. The lowest BCUT2D eigenvalue weighted by atomic mass is 10.0. The van der Waals surface area contributed by atoms with Crippen molar-refractivity contribution in [2.75, 3.05) is 13.7 Å². The molecule has 0 saturated heterocycles. The van der Waals surface area contributed by atoms with Gasteiger partial charge in [0.15, 0.2) is 0 Å². The molecule has 1 aromatic carbocycles. The van der Waals surface area contributed by atoms with Gasteiger partial charge in [-0.15, -0.1) is 0 Å². The van der Waals surface area contributed by atoms with Crippen LogP contribution in [0.25, 0.3) is 0 Å². The van der Waals surface area contributed by atoms with Crippen molar-refractivity contribution in [2.24, 2.45) is 0 Å². The molecule has 0 spiro atoms. The molecule has 0 radical (unpaired) electrons. The molecule has 94 valence electrons. The number of aryl methyl sites for hydroxylation is 1. The summed E-state index contributed by atoms with van der Waals surface area (Å²) in [5.74, 6) is 0.338. The first-order valence-electron chi connectivity index (χ1n) is 5.56. The van der Waals surface area contributed by atoms with Gasteiger partial charge in [0, 0.05) is 0 Å². The first-order chi connectivity index (χ1) is 8.08. The van der Waals surface area contributed by atoms with Gasteiger partial charge in [-0.2, -0.15) is 0 Å². The Kier molecular flexibility index (Phi) is 4.97. The number of carbonyl (C=O) groups is 1. The summed E-state index contributed by atoms with van der Waals surface area (Å²) in [7, 11) is 1.31. The predicted molar refractivity (Wildman–Crippen MR) is 63.9 cm³/mol. The molecule has 0 aliphatic carbocycles. The summed E-state index contributed by atoms with van der Waals surface area (Å²) in [4.78, 5) is 11.1. The highest BCUT2D eigenvalue weighted by molar-refractivity contribution is 5.70. The van der Waals surface area contributed by atoms with Gasteiger partial charge in [-0.1, -0.05) is 6.07 Å². The Balaban J connectivity index is 2.80. The molecular formula is C13H18O4. The van der Waals surface area contributed by atoms with Gasteiger partial charge in [-0.3, -0.25) is 4.79 Å². The lowest BCUT2D eigenvalue weighted by molar-refractivity contribution is -0.142. The molecule has 0 amide bonds. The number of hydrogen-bond acceptors (Lipinski definition) is 4. The molecule has 4 heteroatoms. The quantitative estimate of drug-likeness (QED) is 0.797. The number of methoxy groups -OCH3 is 1. The first kappa shape index (κ1) is 13.5. The Morgan fingerprint density at radius 3 is 2.71 bits per heavy atom. The van der Waals surface area contributed by atoms with Crippen LogP contribution in [0, 0.1) is 6.92 Å². The zero-order valence-corrected chi connectivity index (χ0v) is 10.4. The minimum atomic E-state index is -0.835. The summed E-state index contributed by atoms with van der Waals surface area (Å²) < 4.78 is 9.87. The molecule has 1 atom stereocenters. The zero-order valence-electron chi connectivity index (χ0n) is 10.4. The van der Waals surface area contributed by atoms with Gasteiger partial charge < -0.3 is 14.6 Å². The lowest BCUT2D eigenvalue weighted by Crippen LogP contribution is -2.09. The fourth-order valence-corrected chi connectivity index (χ4v) is 1.63. The predicted octanol–water partition coefficient (Wildman–Crippen LogP) is 1.99. The van der Waals surface area contributed by atoms with Crippen LogP contribution in [0.1, 0.15) is 30.6 Å². The van der Waals surface area contributed by atoms with Gasteiger partial charge >= 0.3 is 5.97 Å². The van der Waals surface area contributed by atoms with E-state index in [2.05, 4.69) is 4.74 Å². The molecule has 17 heavy (non-hydrogen) atoms. The average Bonchev–Trinajstić information content (AvgIpc) is 2.29. The molecule has 0 saturated carbocycles. The second-order valence-electron chi connectivity index (χ2n) is 3.75. The third-order valence-electron chi connectivity index (χ3n) is 2.50. The van der Waals surface area contributed by atoms with E-state index >= 15 is 0 Å². The summed E-state index contributed by atoms with van der Waals surface area (Å²) in [6.45, 7) is 4.39. The van der Waals surface area contributed by atoms with Gasteiger partial charge in [-0.05, 0) is 37.1 Å². The number of ether oxygens (including phenoxy) is 2. The topological polar surface area (TPSA) is 55.8 Å². The largest absolute Gasteiger partial charge is 0.494 e. The fraction of sp³-hybridized carbons (Fsp3) is 0.462. The maximum absolute atomic E-state index is 11.1. The molecule has 0 bridgehead atoms. The van der Waals surface area contributed by atoms with Gasteiger partial charge in [-0.25, -0.2) is 0 Å². The number of esters is 1. The smallest absolute Gasteiger partial charge is 0.308 e. The Morgan fingerprint density at radius 2 is 2.18 bits per heavy atom. The van der Waals surface area contributed by atoms with Crippen LogP contribution in [0.5, 0.6) is 5.75 Å². The molecule has 0 aliphatic heterocycles. The van der Waals surface area contributed by atoms with E-state index in [-0.39, 0.29) is 6.42 Å². The second-order valence-corrected chi connectivity index (χ2v) is 3.75. The van der Waals surface area contributed by atoms with Crippen LogP contribution in [0.3, 0.4) is 0 Å². The van der Waals surface area contributed by atoms with Crippen LogP contribution < -0.4 is 4.74 Å². The number of aliphatic hydroxyl groups is 1. The summed E-state index contributed by atoms with van der Waals surface area (Å²) in [5, 5.41) is 9.88. The third kappa shape index (κ3) is 3.75. The number of aliphatic hydroxyl groups excluding tert-OH is 1. The minimum absolute atomic E-state index is 0.0364. The molecule has 1 N–H and O–H groups in total. The maximum atomic E-state index is 11.1. The van der Waals surface area contributed by atoms with Crippen molar-refractivity contribution in [3.63, 3.8) is 0 Å². The van der Waals surface area contributed by atoms with Crippen LogP contribution >= 0.6 is 0 Å². The van der Waals surface area contributed by atoms with Gasteiger partial charge in [0.25, 0.3) is 0 Å². The van der Waals surface area contributed by atoms with Gasteiger partial charge in [0.2, 0.25) is 0 Å². The van der Waals surface area contributed by atoms with Crippen LogP contribution in [0.2, 0.25) is 0 Å². The molecule has 4 nitrogen and oxygen atoms in total. The highest BCUT2D eigenvalue weighted by Gasteiger charge is 2.15. The van der Waals surface area contributed by atoms with E-state index < -0.39 is 12.1 Å². The van der Waals surface area contributed by atoms with Crippen molar-refractivity contribution in [1.29, 1.82) is 0 Å². The van der Waals surface area contributed by atoms with Crippen molar-refractivity contribution < 1.29 is 19.4 Å². The van der Waals surface area contributed by atoms with Gasteiger partial charge in [0.05, 0.1) is 26.2 Å². The van der Waals surface area contributed by atoms with Gasteiger partial charge in [0.1, 0.15) is 5.75 Å². The summed E-state index contributed by atoms with van der Waals surface area (Å²) in [6, 6.07) is 5.40. The highest BCUT2D eigenvalue weighted by atomic mass is 16.5. The zero-order chi connectivity index (χ0) is 12.8. The molecule has 0 fully saturated rings. The molecule has 1 rings (SSSR count). The van der Waals surface area contributed by atoms with E-state index in [1.165, 1.54) is 7.11 Å². The Labute approximate surface area is 101 Å². The molecule has 0 aliphatic rings. The van der Waals surface area contributed by atoms with Crippen molar-refractivity contribution in [1.82, 2.24) is 0 Å². The number of benzene rings is 1. The monoisotopic (exact) mass is 238 g/mol. The van der Waals surface area contributed by atoms with Crippen molar-refractivity contribution in [2.45, 2.75) is 26.4 Å². The van der Waals surface area contributed by atoms with E-state index in [1.807, 2.05) is 19.9 Å². The van der Waals surface area contributed by atoms with Crippen LogP contribution in [-0.2, 0) is 9.53 Å². The van der Waals surface area contributed by atoms with Crippen molar-refractivity contribution >= 4 is 5.97 Å². The van der Waals surface area contributed by atoms with Crippen LogP contribution in [0.4, 0.5) is 0 Å². The normalized spacial score (nSPS) is 12.0. The van der Waals surface area contributed by atoms with E-state index in [0.29, 0.717) is 6.61 Å².